The number of aromatic nitrogens is 1. The molecule has 90 valence electrons. The van der Waals surface area contributed by atoms with Gasteiger partial charge in [0.2, 0.25) is 0 Å². The molecule has 0 saturated carbocycles. The van der Waals surface area contributed by atoms with Gasteiger partial charge in [-0.3, -0.25) is 10.7 Å². The fraction of sp³-hybridized carbons (Fsp3) is 0.333. The average Bonchev–Trinajstić information content (AvgIpc) is 2.33. The van der Waals surface area contributed by atoms with E-state index >= 15 is 0 Å². The van der Waals surface area contributed by atoms with E-state index in [1.54, 1.807) is 6.20 Å². The van der Waals surface area contributed by atoms with Gasteiger partial charge in [-0.2, -0.15) is 0 Å². The summed E-state index contributed by atoms with van der Waals surface area (Å²) in [5.74, 6) is 0.595. The van der Waals surface area contributed by atoms with Crippen molar-refractivity contribution in [2.24, 2.45) is 0 Å². The lowest BCUT2D eigenvalue weighted by molar-refractivity contribution is 0.195. The number of hydrazine groups is 1. The van der Waals surface area contributed by atoms with Gasteiger partial charge in [-0.15, -0.1) is 0 Å². The Labute approximate surface area is 101 Å². The predicted octanol–water partition coefficient (Wildman–Crippen LogP) is 1.69. The van der Waals surface area contributed by atoms with Crippen LogP contribution in [0.4, 0.5) is 10.6 Å². The van der Waals surface area contributed by atoms with Crippen LogP contribution < -0.4 is 10.7 Å². The minimum absolute atomic E-state index is 0.248. The van der Waals surface area contributed by atoms with Crippen LogP contribution in [0.5, 0.6) is 0 Å². The van der Waals surface area contributed by atoms with Crippen LogP contribution in [0.3, 0.4) is 0 Å². The molecule has 2 N–H and O–H groups in total. The summed E-state index contributed by atoms with van der Waals surface area (Å²) >= 11 is 0. The Balaban J connectivity index is 1.89. The fourth-order valence-electron chi connectivity index (χ4n) is 1.64. The number of hydrogen-bond acceptors (Lipinski definition) is 3. The van der Waals surface area contributed by atoms with Gasteiger partial charge in [-0.1, -0.05) is 18.2 Å². The zero-order valence-electron chi connectivity index (χ0n) is 9.81. The van der Waals surface area contributed by atoms with Crippen molar-refractivity contribution in [3.05, 3.63) is 36.0 Å². The Hall–Kier alpha value is -1.88. The van der Waals surface area contributed by atoms with Gasteiger partial charge >= 0.3 is 6.03 Å². The summed E-state index contributed by atoms with van der Waals surface area (Å²) in [6.07, 6.45) is 6.77. The predicted molar refractivity (Wildman–Crippen MR) is 66.5 cm³/mol. The number of aryl methyl sites for hydroxylation is 1. The van der Waals surface area contributed by atoms with Crippen LogP contribution in [-0.2, 0) is 0 Å². The number of nitrogens with zero attached hydrogens (tertiary/aromatic N) is 2. The molecular formula is C12H16N4O. The highest BCUT2D eigenvalue weighted by Crippen LogP contribution is 2.08. The van der Waals surface area contributed by atoms with Crippen molar-refractivity contribution < 1.29 is 4.79 Å². The fourth-order valence-corrected chi connectivity index (χ4v) is 1.64. The van der Waals surface area contributed by atoms with Crippen LogP contribution in [0.1, 0.15) is 12.0 Å². The molecule has 2 heterocycles. The lowest BCUT2D eigenvalue weighted by Gasteiger charge is -2.23. The number of nitrogens with one attached hydrogen (secondary N) is 2. The Morgan fingerprint density at radius 3 is 3.06 bits per heavy atom. The first kappa shape index (κ1) is 11.6. The maximum atomic E-state index is 11.7. The molecule has 1 aliphatic heterocycles. The average molecular weight is 232 g/mol. The molecule has 2 amide bonds. The number of rotatable bonds is 2. The van der Waals surface area contributed by atoms with Gasteiger partial charge in [0.1, 0.15) is 5.82 Å². The Bertz CT molecular complexity index is 430. The van der Waals surface area contributed by atoms with Gasteiger partial charge in [0, 0.05) is 19.3 Å². The quantitative estimate of drug-likeness (QED) is 0.763. The summed E-state index contributed by atoms with van der Waals surface area (Å²) in [4.78, 5) is 15.8. The number of anilines is 1. The normalized spacial score (nSPS) is 15.6. The lowest BCUT2D eigenvalue weighted by Crippen LogP contribution is -2.46. The number of urea groups is 1. The third kappa shape index (κ3) is 3.29. The molecular weight excluding hydrogens is 216 g/mol. The second-order valence-electron chi connectivity index (χ2n) is 3.94. The summed E-state index contributed by atoms with van der Waals surface area (Å²) in [6, 6.07) is 3.50. The van der Waals surface area contributed by atoms with E-state index in [2.05, 4.69) is 21.8 Å². The van der Waals surface area contributed by atoms with Crippen molar-refractivity contribution >= 4 is 11.8 Å². The zero-order chi connectivity index (χ0) is 12.1. The molecule has 5 nitrogen and oxygen atoms in total. The number of pyridine rings is 1. The molecule has 0 fully saturated rings. The van der Waals surface area contributed by atoms with Crippen molar-refractivity contribution in [2.75, 3.05) is 18.4 Å². The van der Waals surface area contributed by atoms with Crippen molar-refractivity contribution in [3.63, 3.8) is 0 Å². The molecule has 0 unspecified atom stereocenters. The van der Waals surface area contributed by atoms with E-state index < -0.39 is 0 Å². The Morgan fingerprint density at radius 2 is 2.35 bits per heavy atom. The summed E-state index contributed by atoms with van der Waals surface area (Å²) < 4.78 is 0. The van der Waals surface area contributed by atoms with Gasteiger partial charge < -0.3 is 0 Å². The molecule has 1 aromatic rings. The highest BCUT2D eigenvalue weighted by molar-refractivity contribution is 5.88. The number of hydrogen-bond donors (Lipinski definition) is 2. The number of amides is 2. The van der Waals surface area contributed by atoms with Crippen LogP contribution in [0.15, 0.2) is 30.5 Å². The number of carbonyl (C=O) groups excluding carboxylic acids is 1. The van der Waals surface area contributed by atoms with Crippen LogP contribution in [-0.4, -0.2) is 29.1 Å². The molecule has 0 atom stereocenters. The molecule has 0 aromatic carbocycles. The summed E-state index contributed by atoms with van der Waals surface area (Å²) in [5.41, 5.74) is 3.73. The van der Waals surface area contributed by atoms with E-state index in [1.807, 2.05) is 30.1 Å². The molecule has 2 rings (SSSR count). The second-order valence-corrected chi connectivity index (χ2v) is 3.94. The molecule has 1 aliphatic rings. The van der Waals surface area contributed by atoms with Crippen molar-refractivity contribution in [3.8, 4) is 0 Å². The number of carbonyl (C=O) groups is 1. The van der Waals surface area contributed by atoms with Crippen molar-refractivity contribution in [1.82, 2.24) is 15.4 Å². The van der Waals surface area contributed by atoms with Crippen LogP contribution in [0.2, 0.25) is 0 Å². The van der Waals surface area contributed by atoms with E-state index in [-0.39, 0.29) is 6.03 Å². The van der Waals surface area contributed by atoms with Gasteiger partial charge in [-0.25, -0.2) is 14.8 Å². The Kier molecular flexibility index (Phi) is 3.72. The van der Waals surface area contributed by atoms with Crippen molar-refractivity contribution in [2.45, 2.75) is 13.3 Å². The first-order valence-electron chi connectivity index (χ1n) is 5.65. The maximum absolute atomic E-state index is 11.7. The van der Waals surface area contributed by atoms with Gasteiger partial charge in [0.25, 0.3) is 0 Å². The van der Waals surface area contributed by atoms with Crippen LogP contribution in [0, 0.1) is 6.92 Å². The monoisotopic (exact) mass is 232 g/mol. The minimum atomic E-state index is -0.248. The molecule has 17 heavy (non-hydrogen) atoms. The molecule has 1 aromatic heterocycles. The topological polar surface area (TPSA) is 57.3 Å². The third-order valence-electron chi connectivity index (χ3n) is 2.56. The van der Waals surface area contributed by atoms with Gasteiger partial charge in [0.15, 0.2) is 0 Å². The third-order valence-corrected chi connectivity index (χ3v) is 2.56. The first-order chi connectivity index (χ1) is 8.25. The Morgan fingerprint density at radius 1 is 1.47 bits per heavy atom. The summed E-state index contributed by atoms with van der Waals surface area (Å²) in [6.45, 7) is 3.49. The molecule has 0 bridgehead atoms. The lowest BCUT2D eigenvalue weighted by atomic mass is 10.3. The van der Waals surface area contributed by atoms with E-state index in [9.17, 15) is 4.79 Å². The highest BCUT2D eigenvalue weighted by Gasteiger charge is 2.10. The standard InChI is InChI=1S/C12H16N4O/c1-10-6-5-7-13-11(10)14-12(17)15-16-8-3-2-4-9-16/h2-3,5-7H,4,8-9H2,1H3,(H2,13,14,15,17). The van der Waals surface area contributed by atoms with Crippen molar-refractivity contribution in [1.29, 1.82) is 0 Å². The van der Waals surface area contributed by atoms with Crippen LogP contribution >= 0.6 is 0 Å². The van der Waals surface area contributed by atoms with Gasteiger partial charge in [0.05, 0.1) is 0 Å². The molecule has 5 heteroatoms. The summed E-state index contributed by atoms with van der Waals surface area (Å²) in [7, 11) is 0. The highest BCUT2D eigenvalue weighted by atomic mass is 16.2. The molecule has 0 radical (unpaired) electrons. The van der Waals surface area contributed by atoms with E-state index in [0.717, 1.165) is 25.1 Å². The van der Waals surface area contributed by atoms with E-state index in [0.29, 0.717) is 5.82 Å². The smallest absolute Gasteiger partial charge is 0.291 e. The maximum Gasteiger partial charge on any atom is 0.334 e. The SMILES string of the molecule is Cc1cccnc1NC(=O)NN1CC=CCC1. The van der Waals surface area contributed by atoms with E-state index in [1.165, 1.54) is 0 Å². The molecule has 0 aliphatic carbocycles. The zero-order valence-corrected chi connectivity index (χ0v) is 9.81. The second kappa shape index (κ2) is 5.45. The van der Waals surface area contributed by atoms with E-state index in [4.69, 9.17) is 0 Å². The largest absolute Gasteiger partial charge is 0.334 e. The van der Waals surface area contributed by atoms with Gasteiger partial charge in [-0.05, 0) is 25.0 Å². The van der Waals surface area contributed by atoms with Crippen LogP contribution in [0.25, 0.3) is 0 Å². The molecule has 0 saturated heterocycles. The summed E-state index contributed by atoms with van der Waals surface area (Å²) in [5, 5.41) is 4.60. The first-order valence-corrected chi connectivity index (χ1v) is 5.65. The minimum Gasteiger partial charge on any atom is -0.291 e. The molecule has 0 spiro atoms.